The molecule has 2 heteroatoms. The molecule has 0 saturated heterocycles. The monoisotopic (exact) mass is 203 g/mol. The van der Waals surface area contributed by atoms with Crippen LogP contribution in [0.1, 0.15) is 6.92 Å². The first-order valence-corrected chi connectivity index (χ1v) is 4.95. The van der Waals surface area contributed by atoms with Crippen molar-refractivity contribution in [3.63, 3.8) is 0 Å². The first kappa shape index (κ1) is 11.5. The van der Waals surface area contributed by atoms with Crippen LogP contribution in [0, 0.1) is 0 Å². The molecule has 0 amide bonds. The van der Waals surface area contributed by atoms with Crippen LogP contribution in [0.15, 0.2) is 59.9 Å². The highest BCUT2D eigenvalue weighted by molar-refractivity contribution is 5.41. The van der Waals surface area contributed by atoms with Crippen molar-refractivity contribution in [1.29, 1.82) is 0 Å². The van der Waals surface area contributed by atoms with Crippen molar-refractivity contribution in [1.82, 2.24) is 0 Å². The molecule has 1 heterocycles. The molecule has 0 unspecified atom stereocenters. The van der Waals surface area contributed by atoms with Gasteiger partial charge in [-0.25, -0.2) is 0 Å². The van der Waals surface area contributed by atoms with Crippen LogP contribution < -0.4 is 5.73 Å². The topological polar surface area (TPSA) is 35.2 Å². The van der Waals surface area contributed by atoms with E-state index in [1.807, 2.05) is 37.3 Å². The molecule has 1 aliphatic heterocycles. The zero-order valence-corrected chi connectivity index (χ0v) is 9.07. The molecule has 0 saturated carbocycles. The third-order valence-corrected chi connectivity index (χ3v) is 2.17. The van der Waals surface area contributed by atoms with E-state index in [9.17, 15) is 0 Å². The Kier molecular flexibility index (Phi) is 4.64. The van der Waals surface area contributed by atoms with Gasteiger partial charge in [0.25, 0.3) is 0 Å². The van der Waals surface area contributed by atoms with Gasteiger partial charge in [0.2, 0.25) is 0 Å². The third kappa shape index (κ3) is 4.00. The van der Waals surface area contributed by atoms with E-state index in [2.05, 4.69) is 6.58 Å². The predicted molar refractivity (Wildman–Crippen MR) is 64.3 cm³/mol. The maximum atomic E-state index is 5.63. The molecular weight excluding hydrogens is 186 g/mol. The Morgan fingerprint density at radius 2 is 2.27 bits per heavy atom. The van der Waals surface area contributed by atoms with Gasteiger partial charge in [0.05, 0.1) is 6.26 Å². The van der Waals surface area contributed by atoms with E-state index in [1.54, 1.807) is 6.26 Å². The van der Waals surface area contributed by atoms with Crippen molar-refractivity contribution in [2.45, 2.75) is 6.92 Å². The summed E-state index contributed by atoms with van der Waals surface area (Å²) in [5, 5.41) is 0. The van der Waals surface area contributed by atoms with Crippen LogP contribution in [0.3, 0.4) is 0 Å². The summed E-state index contributed by atoms with van der Waals surface area (Å²) in [4.78, 5) is 0. The molecular formula is C13H17NO. The van der Waals surface area contributed by atoms with Gasteiger partial charge in [-0.15, -0.1) is 0 Å². The highest BCUT2D eigenvalue weighted by Gasteiger charge is 1.96. The molecule has 0 aromatic carbocycles. The minimum atomic E-state index is 0.515. The van der Waals surface area contributed by atoms with E-state index < -0.39 is 0 Å². The second-order valence-electron chi connectivity index (χ2n) is 3.36. The summed E-state index contributed by atoms with van der Waals surface area (Å²) in [5.74, 6) is 0. The van der Waals surface area contributed by atoms with Gasteiger partial charge in [0, 0.05) is 6.54 Å². The summed E-state index contributed by atoms with van der Waals surface area (Å²) in [5.41, 5.74) is 8.80. The second kappa shape index (κ2) is 6.04. The van der Waals surface area contributed by atoms with Crippen LogP contribution in [-0.4, -0.2) is 13.2 Å². The number of rotatable bonds is 1. The van der Waals surface area contributed by atoms with Crippen molar-refractivity contribution >= 4 is 0 Å². The molecule has 2 N–H and O–H groups in total. The molecule has 0 aliphatic carbocycles. The highest BCUT2D eigenvalue weighted by atomic mass is 16.5. The average molecular weight is 203 g/mol. The summed E-state index contributed by atoms with van der Waals surface area (Å²) >= 11 is 0. The number of hydrogen-bond acceptors (Lipinski definition) is 2. The number of nitrogens with two attached hydrogens (primary N) is 1. The first-order chi connectivity index (χ1) is 7.24. The lowest BCUT2D eigenvalue weighted by atomic mass is 10.1. The first-order valence-electron chi connectivity index (χ1n) is 4.95. The quantitative estimate of drug-likeness (QED) is 0.710. The van der Waals surface area contributed by atoms with Gasteiger partial charge >= 0.3 is 0 Å². The lowest BCUT2D eigenvalue weighted by Gasteiger charge is -2.02. The van der Waals surface area contributed by atoms with Crippen LogP contribution in [0.4, 0.5) is 0 Å². The summed E-state index contributed by atoms with van der Waals surface area (Å²) in [7, 11) is 0. The van der Waals surface area contributed by atoms with E-state index in [-0.39, 0.29) is 0 Å². The largest absolute Gasteiger partial charge is 0.497 e. The zero-order valence-electron chi connectivity index (χ0n) is 9.07. The van der Waals surface area contributed by atoms with Gasteiger partial charge in [-0.05, 0) is 35.8 Å². The van der Waals surface area contributed by atoms with Gasteiger partial charge in [0.1, 0.15) is 6.61 Å². The summed E-state index contributed by atoms with van der Waals surface area (Å²) in [6, 6.07) is 0. The fourth-order valence-corrected chi connectivity index (χ4v) is 1.19. The number of ether oxygens (including phenoxy) is 1. The molecule has 0 atom stereocenters. The Balaban J connectivity index is 2.94. The van der Waals surface area contributed by atoms with Crippen LogP contribution in [0.25, 0.3) is 0 Å². The van der Waals surface area contributed by atoms with Gasteiger partial charge in [-0.1, -0.05) is 24.8 Å². The summed E-state index contributed by atoms with van der Waals surface area (Å²) < 4.78 is 5.25. The summed E-state index contributed by atoms with van der Waals surface area (Å²) in [6.07, 6.45) is 11.4. The van der Waals surface area contributed by atoms with Gasteiger partial charge in [-0.2, -0.15) is 0 Å². The lowest BCUT2D eigenvalue weighted by molar-refractivity contribution is 0.289. The average Bonchev–Trinajstić information content (AvgIpc) is 2.27. The second-order valence-corrected chi connectivity index (χ2v) is 3.36. The fraction of sp³-hybridized carbons (Fsp3) is 0.231. The van der Waals surface area contributed by atoms with Gasteiger partial charge < -0.3 is 10.5 Å². The van der Waals surface area contributed by atoms with Crippen LogP contribution in [-0.2, 0) is 4.74 Å². The van der Waals surface area contributed by atoms with Crippen molar-refractivity contribution < 1.29 is 4.74 Å². The molecule has 0 spiro atoms. The van der Waals surface area contributed by atoms with E-state index in [0.717, 1.165) is 16.7 Å². The molecule has 0 bridgehead atoms. The molecule has 0 fully saturated rings. The molecule has 1 aliphatic rings. The lowest BCUT2D eigenvalue weighted by Crippen LogP contribution is -2.02. The van der Waals surface area contributed by atoms with Gasteiger partial charge in [0.15, 0.2) is 0 Å². The number of allylic oxidation sites excluding steroid dienone is 5. The smallest absolute Gasteiger partial charge is 0.106 e. The van der Waals surface area contributed by atoms with E-state index in [4.69, 9.17) is 10.5 Å². The van der Waals surface area contributed by atoms with Crippen LogP contribution in [0.2, 0.25) is 0 Å². The minimum absolute atomic E-state index is 0.515. The highest BCUT2D eigenvalue weighted by Crippen LogP contribution is 2.12. The van der Waals surface area contributed by atoms with Gasteiger partial charge in [-0.3, -0.25) is 0 Å². The predicted octanol–water partition coefficient (Wildman–Crippen LogP) is 2.47. The van der Waals surface area contributed by atoms with E-state index in [0.29, 0.717) is 13.2 Å². The molecule has 0 radical (unpaired) electrons. The third-order valence-electron chi connectivity index (χ3n) is 2.17. The standard InChI is InChI=1S/C13H17NO/c1-11-5-3-4-7-15-8-6-13(10-14)9-12(11)2/h3-7,9H,1,8,10,14H2,2H3/b5-3-,7-4-,12-9+,13-6+. The Labute approximate surface area is 91.1 Å². The molecule has 2 nitrogen and oxygen atoms in total. The minimum Gasteiger partial charge on any atom is -0.497 e. The molecule has 0 aromatic rings. The zero-order chi connectivity index (χ0) is 11.1. The SMILES string of the molecule is C=C1/C=C\C=C/OC/C=C(CN)\C=C\1C. The van der Waals surface area contributed by atoms with E-state index in [1.165, 1.54) is 0 Å². The number of hydrogen-bond donors (Lipinski definition) is 1. The van der Waals surface area contributed by atoms with E-state index >= 15 is 0 Å². The Hall–Kier alpha value is -1.54. The van der Waals surface area contributed by atoms with Crippen LogP contribution in [0.5, 0.6) is 0 Å². The normalized spacial score (nSPS) is 28.8. The molecule has 80 valence electrons. The maximum absolute atomic E-state index is 5.63. The molecule has 0 aromatic heterocycles. The summed E-state index contributed by atoms with van der Waals surface area (Å²) in [6.45, 7) is 7.06. The van der Waals surface area contributed by atoms with Crippen LogP contribution >= 0.6 is 0 Å². The van der Waals surface area contributed by atoms with Crippen molar-refractivity contribution in [2.24, 2.45) is 5.73 Å². The Morgan fingerprint density at radius 3 is 3.00 bits per heavy atom. The Morgan fingerprint density at radius 1 is 1.47 bits per heavy atom. The Bertz CT molecular complexity index is 346. The molecule has 15 heavy (non-hydrogen) atoms. The maximum Gasteiger partial charge on any atom is 0.106 e. The van der Waals surface area contributed by atoms with Crippen molar-refractivity contribution in [2.75, 3.05) is 13.2 Å². The fourth-order valence-electron chi connectivity index (χ4n) is 1.19. The van der Waals surface area contributed by atoms with Crippen molar-refractivity contribution in [3.05, 3.63) is 59.9 Å². The molecule has 1 rings (SSSR count). The van der Waals surface area contributed by atoms with Crippen molar-refractivity contribution in [3.8, 4) is 0 Å².